The van der Waals surface area contributed by atoms with Gasteiger partial charge in [-0.15, -0.1) is 11.8 Å². The van der Waals surface area contributed by atoms with E-state index in [1.807, 2.05) is 12.1 Å². The molecule has 0 aliphatic rings. The number of carboxylic acids is 1. The fourth-order valence-electron chi connectivity index (χ4n) is 1.33. The number of para-hydroxylation sites is 1. The molecule has 1 aromatic carbocycles. The molecule has 0 heterocycles. The van der Waals surface area contributed by atoms with Crippen molar-refractivity contribution in [2.24, 2.45) is 0 Å². The SMILES string of the molecule is C[Si](C)(C)CSc1ccccc1OC(=O)CCC(=O)O. The second-order valence-electron chi connectivity index (χ2n) is 5.66. The Kier molecular flexibility index (Phi) is 6.29. The molecule has 0 aliphatic carbocycles. The Morgan fingerprint density at radius 3 is 2.45 bits per heavy atom. The van der Waals surface area contributed by atoms with E-state index in [9.17, 15) is 9.59 Å². The molecule has 1 rings (SSSR count). The van der Waals surface area contributed by atoms with Gasteiger partial charge in [0, 0.05) is 4.90 Å². The summed E-state index contributed by atoms with van der Waals surface area (Å²) in [5, 5.41) is 9.59. The maximum absolute atomic E-state index is 11.6. The summed E-state index contributed by atoms with van der Waals surface area (Å²) in [7, 11) is -1.19. The lowest BCUT2D eigenvalue weighted by Crippen LogP contribution is -2.23. The molecule has 110 valence electrons. The molecule has 0 radical (unpaired) electrons. The molecule has 0 fully saturated rings. The van der Waals surface area contributed by atoms with Gasteiger partial charge in [-0.2, -0.15) is 0 Å². The van der Waals surface area contributed by atoms with Crippen molar-refractivity contribution in [3.63, 3.8) is 0 Å². The summed E-state index contributed by atoms with van der Waals surface area (Å²) in [6.07, 6.45) is -0.314. The molecule has 20 heavy (non-hydrogen) atoms. The molecule has 0 atom stereocenters. The number of rotatable bonds is 7. The van der Waals surface area contributed by atoms with Crippen molar-refractivity contribution in [2.45, 2.75) is 37.4 Å². The summed E-state index contributed by atoms with van der Waals surface area (Å²) >= 11 is 1.69. The average molecular weight is 312 g/mol. The fraction of sp³-hybridized carbons (Fsp3) is 0.429. The van der Waals surface area contributed by atoms with E-state index in [4.69, 9.17) is 9.84 Å². The highest BCUT2D eigenvalue weighted by atomic mass is 32.2. The summed E-state index contributed by atoms with van der Waals surface area (Å²) < 4.78 is 5.25. The van der Waals surface area contributed by atoms with Gasteiger partial charge in [0.1, 0.15) is 5.75 Å². The van der Waals surface area contributed by atoms with Gasteiger partial charge in [0.2, 0.25) is 0 Å². The summed E-state index contributed by atoms with van der Waals surface area (Å²) in [6.45, 7) is 6.84. The first-order valence-electron chi connectivity index (χ1n) is 6.42. The predicted octanol–water partition coefficient (Wildman–Crippen LogP) is 3.43. The lowest BCUT2D eigenvalue weighted by atomic mass is 10.3. The Labute approximate surface area is 124 Å². The van der Waals surface area contributed by atoms with Crippen LogP contribution in [-0.4, -0.2) is 30.5 Å². The lowest BCUT2D eigenvalue weighted by Gasteiger charge is -2.16. The third-order valence-corrected chi connectivity index (χ3v) is 6.97. The van der Waals surface area contributed by atoms with Gasteiger partial charge in [-0.25, -0.2) is 0 Å². The van der Waals surface area contributed by atoms with E-state index >= 15 is 0 Å². The molecule has 0 bridgehead atoms. The van der Waals surface area contributed by atoms with Crippen molar-refractivity contribution in [3.05, 3.63) is 24.3 Å². The Hall–Kier alpha value is -1.27. The van der Waals surface area contributed by atoms with E-state index in [-0.39, 0.29) is 12.8 Å². The van der Waals surface area contributed by atoms with Crippen LogP contribution in [0, 0.1) is 0 Å². The highest BCUT2D eigenvalue weighted by molar-refractivity contribution is 8.01. The van der Waals surface area contributed by atoms with Crippen LogP contribution in [0.15, 0.2) is 29.2 Å². The highest BCUT2D eigenvalue weighted by Gasteiger charge is 2.16. The minimum Gasteiger partial charge on any atom is -0.481 e. The molecular formula is C14H20O4SSi. The van der Waals surface area contributed by atoms with Gasteiger partial charge in [0.25, 0.3) is 0 Å². The molecule has 0 saturated heterocycles. The van der Waals surface area contributed by atoms with Crippen LogP contribution in [0.5, 0.6) is 5.75 Å². The molecule has 4 nitrogen and oxygen atoms in total. The number of carboxylic acid groups (broad SMARTS) is 1. The van der Waals surface area contributed by atoms with E-state index in [0.29, 0.717) is 5.75 Å². The van der Waals surface area contributed by atoms with Gasteiger partial charge in [-0.05, 0) is 17.5 Å². The number of aliphatic carboxylic acids is 1. The Bertz CT molecular complexity index is 482. The first-order chi connectivity index (χ1) is 9.28. The lowest BCUT2D eigenvalue weighted by molar-refractivity contribution is -0.142. The van der Waals surface area contributed by atoms with E-state index in [1.54, 1.807) is 23.9 Å². The topological polar surface area (TPSA) is 63.6 Å². The fourth-order valence-corrected chi connectivity index (χ4v) is 4.11. The van der Waals surface area contributed by atoms with E-state index < -0.39 is 20.0 Å². The minimum absolute atomic E-state index is 0.109. The molecule has 0 unspecified atom stereocenters. The molecule has 1 N–H and O–H groups in total. The van der Waals surface area contributed by atoms with Crippen LogP contribution in [0.2, 0.25) is 19.6 Å². The molecule has 6 heteroatoms. The van der Waals surface area contributed by atoms with Crippen molar-refractivity contribution in [1.82, 2.24) is 0 Å². The first-order valence-corrected chi connectivity index (χ1v) is 11.1. The second kappa shape index (κ2) is 7.49. The van der Waals surface area contributed by atoms with Crippen molar-refractivity contribution >= 4 is 31.8 Å². The maximum atomic E-state index is 11.6. The van der Waals surface area contributed by atoms with Crippen LogP contribution >= 0.6 is 11.8 Å². The molecular weight excluding hydrogens is 292 g/mol. The van der Waals surface area contributed by atoms with Crippen LogP contribution in [0.1, 0.15) is 12.8 Å². The molecule has 1 aromatic rings. The second-order valence-corrected chi connectivity index (χ2v) is 12.7. The number of ether oxygens (including phenoxy) is 1. The Morgan fingerprint density at radius 1 is 1.20 bits per heavy atom. The van der Waals surface area contributed by atoms with Crippen LogP contribution in [0.3, 0.4) is 0 Å². The monoisotopic (exact) mass is 312 g/mol. The van der Waals surface area contributed by atoms with Gasteiger partial charge < -0.3 is 9.84 Å². The molecule has 0 spiro atoms. The average Bonchev–Trinajstić information content (AvgIpc) is 2.34. The molecule has 0 saturated carbocycles. The predicted molar refractivity (Wildman–Crippen MR) is 83.0 cm³/mol. The van der Waals surface area contributed by atoms with Gasteiger partial charge in [-0.3, -0.25) is 9.59 Å². The number of carbonyl (C=O) groups is 2. The van der Waals surface area contributed by atoms with Gasteiger partial charge in [0.05, 0.1) is 20.9 Å². The van der Waals surface area contributed by atoms with Gasteiger partial charge in [-0.1, -0.05) is 31.8 Å². The van der Waals surface area contributed by atoms with Crippen LogP contribution in [-0.2, 0) is 9.59 Å². The van der Waals surface area contributed by atoms with E-state index in [2.05, 4.69) is 19.6 Å². The van der Waals surface area contributed by atoms with Crippen LogP contribution < -0.4 is 4.74 Å². The zero-order valence-corrected chi connectivity index (χ0v) is 13.8. The molecule has 0 aliphatic heterocycles. The quantitative estimate of drug-likeness (QED) is 0.362. The Morgan fingerprint density at radius 2 is 1.85 bits per heavy atom. The normalized spacial score (nSPS) is 11.2. The smallest absolute Gasteiger partial charge is 0.311 e. The van der Waals surface area contributed by atoms with Crippen LogP contribution in [0.25, 0.3) is 0 Å². The molecule has 0 aromatic heterocycles. The number of hydrogen-bond donors (Lipinski definition) is 1. The van der Waals surface area contributed by atoms with Crippen molar-refractivity contribution in [3.8, 4) is 5.75 Å². The van der Waals surface area contributed by atoms with Gasteiger partial charge >= 0.3 is 11.9 Å². The van der Waals surface area contributed by atoms with Crippen molar-refractivity contribution < 1.29 is 19.4 Å². The highest BCUT2D eigenvalue weighted by Crippen LogP contribution is 2.31. The van der Waals surface area contributed by atoms with Crippen molar-refractivity contribution in [2.75, 3.05) is 5.38 Å². The third kappa shape index (κ3) is 6.77. The molecule has 0 amide bonds. The standard InChI is InChI=1S/C14H20O4SSi/c1-20(2,3)10-19-12-7-5-4-6-11(12)18-14(17)9-8-13(15)16/h4-7H,8-10H2,1-3H3,(H,15,16). The van der Waals surface area contributed by atoms with Crippen molar-refractivity contribution in [1.29, 1.82) is 0 Å². The van der Waals surface area contributed by atoms with Gasteiger partial charge in [0.15, 0.2) is 0 Å². The third-order valence-electron chi connectivity index (χ3n) is 2.28. The zero-order chi connectivity index (χ0) is 15.2. The number of thioether (sulfide) groups is 1. The summed E-state index contributed by atoms with van der Waals surface area (Å²) in [5.41, 5.74) is 0. The number of hydrogen-bond acceptors (Lipinski definition) is 4. The largest absolute Gasteiger partial charge is 0.481 e. The van der Waals surface area contributed by atoms with E-state index in [1.165, 1.54) is 0 Å². The maximum Gasteiger partial charge on any atom is 0.311 e. The number of benzene rings is 1. The van der Waals surface area contributed by atoms with Crippen LogP contribution in [0.4, 0.5) is 0 Å². The summed E-state index contributed by atoms with van der Waals surface area (Å²) in [4.78, 5) is 22.9. The zero-order valence-electron chi connectivity index (χ0n) is 12.0. The summed E-state index contributed by atoms with van der Waals surface area (Å²) in [5.74, 6) is -0.983. The Balaban J connectivity index is 2.65. The number of carbonyl (C=O) groups excluding carboxylic acids is 1. The first kappa shape index (κ1) is 16.8. The number of esters is 1. The van der Waals surface area contributed by atoms with E-state index in [0.717, 1.165) is 10.3 Å². The minimum atomic E-state index is -1.19. The summed E-state index contributed by atoms with van der Waals surface area (Å²) in [6, 6.07) is 7.37.